The Morgan fingerprint density at radius 3 is 2.85 bits per heavy atom. The van der Waals surface area contributed by atoms with Gasteiger partial charge in [-0.15, -0.1) is 0 Å². The lowest BCUT2D eigenvalue weighted by molar-refractivity contribution is 0.0144. The van der Waals surface area contributed by atoms with E-state index in [0.717, 1.165) is 18.3 Å². The molecule has 1 saturated carbocycles. The fourth-order valence-electron chi connectivity index (χ4n) is 1.99. The molecule has 1 aliphatic rings. The maximum absolute atomic E-state index is 5.82. The first-order valence-corrected chi connectivity index (χ1v) is 6.18. The fraction of sp³-hybridized carbons (Fsp3) is 1.00. The molecule has 0 aliphatic heterocycles. The lowest BCUT2D eigenvalue weighted by Gasteiger charge is -2.26. The Kier molecular flexibility index (Phi) is 5.88. The zero-order valence-electron chi connectivity index (χ0n) is 8.67. The molecule has 0 aromatic heterocycles. The van der Waals surface area contributed by atoms with Crippen molar-refractivity contribution in [1.29, 1.82) is 0 Å². The Balaban J connectivity index is 2.00. The Morgan fingerprint density at radius 1 is 1.31 bits per heavy atom. The minimum absolute atomic E-state index is 0.559. The van der Waals surface area contributed by atoms with Gasteiger partial charge in [0.05, 0.1) is 6.10 Å². The molecule has 0 heterocycles. The third-order valence-electron chi connectivity index (χ3n) is 2.79. The van der Waals surface area contributed by atoms with Gasteiger partial charge < -0.3 is 4.74 Å². The van der Waals surface area contributed by atoms with E-state index in [-0.39, 0.29) is 0 Å². The molecule has 0 N–H and O–H groups in total. The normalized spacial score (nSPS) is 29.1. The van der Waals surface area contributed by atoms with Crippen molar-refractivity contribution in [3.8, 4) is 0 Å². The minimum Gasteiger partial charge on any atom is -0.378 e. The van der Waals surface area contributed by atoms with Gasteiger partial charge in [-0.2, -0.15) is 12.6 Å². The predicted octanol–water partition coefficient (Wildman–Crippen LogP) is 3.29. The van der Waals surface area contributed by atoms with Crippen LogP contribution in [0.5, 0.6) is 0 Å². The molecule has 0 radical (unpaired) electrons. The van der Waals surface area contributed by atoms with Crippen molar-refractivity contribution < 1.29 is 4.74 Å². The zero-order chi connectivity index (χ0) is 9.52. The molecule has 0 aromatic rings. The number of hydrogen-bond donors (Lipinski definition) is 1. The average Bonchev–Trinajstić information content (AvgIpc) is 2.13. The van der Waals surface area contributed by atoms with E-state index in [1.54, 1.807) is 0 Å². The average molecular weight is 202 g/mol. The highest BCUT2D eigenvalue weighted by Gasteiger charge is 2.18. The van der Waals surface area contributed by atoms with Crippen LogP contribution in [0.15, 0.2) is 0 Å². The molecule has 78 valence electrons. The molecule has 13 heavy (non-hydrogen) atoms. The number of thiol groups is 1. The SMILES string of the molecule is CC1CCCC(OCCCCS)C1. The lowest BCUT2D eigenvalue weighted by Crippen LogP contribution is -2.21. The molecule has 0 amide bonds. The van der Waals surface area contributed by atoms with Crippen molar-refractivity contribution >= 4 is 12.6 Å². The van der Waals surface area contributed by atoms with Crippen LogP contribution in [0, 0.1) is 5.92 Å². The van der Waals surface area contributed by atoms with Crippen LogP contribution in [-0.2, 0) is 4.74 Å². The number of unbranched alkanes of at least 4 members (excludes halogenated alkanes) is 1. The highest BCUT2D eigenvalue weighted by atomic mass is 32.1. The maximum Gasteiger partial charge on any atom is 0.0577 e. The van der Waals surface area contributed by atoms with Crippen LogP contribution in [0.25, 0.3) is 0 Å². The van der Waals surface area contributed by atoms with E-state index in [9.17, 15) is 0 Å². The molecular formula is C11H22OS. The van der Waals surface area contributed by atoms with Crippen LogP contribution in [-0.4, -0.2) is 18.5 Å². The smallest absolute Gasteiger partial charge is 0.0577 e. The van der Waals surface area contributed by atoms with Crippen LogP contribution in [0.1, 0.15) is 45.4 Å². The second-order valence-corrected chi connectivity index (χ2v) is 4.64. The molecule has 1 nitrogen and oxygen atoms in total. The summed E-state index contributed by atoms with van der Waals surface area (Å²) in [5, 5.41) is 0. The van der Waals surface area contributed by atoms with E-state index in [1.165, 1.54) is 38.5 Å². The van der Waals surface area contributed by atoms with E-state index in [0.29, 0.717) is 6.10 Å². The Labute approximate surface area is 87.7 Å². The van der Waals surface area contributed by atoms with Crippen LogP contribution >= 0.6 is 12.6 Å². The van der Waals surface area contributed by atoms with Gasteiger partial charge in [0.15, 0.2) is 0 Å². The molecular weight excluding hydrogens is 180 g/mol. The first-order chi connectivity index (χ1) is 6.33. The van der Waals surface area contributed by atoms with Gasteiger partial charge in [-0.05, 0) is 37.4 Å². The predicted molar refractivity (Wildman–Crippen MR) is 60.5 cm³/mol. The van der Waals surface area contributed by atoms with E-state index >= 15 is 0 Å². The fourth-order valence-corrected chi connectivity index (χ4v) is 2.22. The van der Waals surface area contributed by atoms with Crippen molar-refractivity contribution in [3.63, 3.8) is 0 Å². The second-order valence-electron chi connectivity index (χ2n) is 4.20. The standard InChI is InChI=1S/C11H22OS/c1-10-5-4-6-11(9-10)12-7-2-3-8-13/h10-11,13H,2-9H2,1H3. The van der Waals surface area contributed by atoms with Gasteiger partial charge in [-0.3, -0.25) is 0 Å². The van der Waals surface area contributed by atoms with Crippen LogP contribution in [0.4, 0.5) is 0 Å². The van der Waals surface area contributed by atoms with Gasteiger partial charge in [0.25, 0.3) is 0 Å². The summed E-state index contributed by atoms with van der Waals surface area (Å²) in [6, 6.07) is 0. The molecule has 0 saturated heterocycles. The summed E-state index contributed by atoms with van der Waals surface area (Å²) in [5.41, 5.74) is 0. The summed E-state index contributed by atoms with van der Waals surface area (Å²) in [5.74, 6) is 1.87. The van der Waals surface area contributed by atoms with Crippen molar-refractivity contribution in [2.45, 2.75) is 51.6 Å². The van der Waals surface area contributed by atoms with Gasteiger partial charge in [0, 0.05) is 6.61 Å². The molecule has 1 aliphatic carbocycles. The lowest BCUT2D eigenvalue weighted by atomic mass is 9.89. The van der Waals surface area contributed by atoms with Crippen LogP contribution in [0.3, 0.4) is 0 Å². The van der Waals surface area contributed by atoms with Crippen molar-refractivity contribution in [2.24, 2.45) is 5.92 Å². The van der Waals surface area contributed by atoms with E-state index in [2.05, 4.69) is 19.6 Å². The van der Waals surface area contributed by atoms with Gasteiger partial charge in [-0.25, -0.2) is 0 Å². The molecule has 0 aromatic carbocycles. The molecule has 2 unspecified atom stereocenters. The summed E-state index contributed by atoms with van der Waals surface area (Å²) in [4.78, 5) is 0. The number of hydrogen-bond acceptors (Lipinski definition) is 2. The highest BCUT2D eigenvalue weighted by molar-refractivity contribution is 7.80. The Bertz CT molecular complexity index is 127. The first kappa shape index (κ1) is 11.4. The third kappa shape index (κ3) is 4.92. The molecule has 2 atom stereocenters. The van der Waals surface area contributed by atoms with Gasteiger partial charge in [0.2, 0.25) is 0 Å². The molecule has 0 bridgehead atoms. The molecule has 1 rings (SSSR count). The summed E-state index contributed by atoms with van der Waals surface area (Å²) in [6.07, 6.45) is 8.24. The summed E-state index contributed by atoms with van der Waals surface area (Å²) in [6.45, 7) is 3.28. The van der Waals surface area contributed by atoms with E-state index < -0.39 is 0 Å². The monoisotopic (exact) mass is 202 g/mol. The van der Waals surface area contributed by atoms with Crippen molar-refractivity contribution in [3.05, 3.63) is 0 Å². The zero-order valence-corrected chi connectivity index (χ0v) is 9.56. The Morgan fingerprint density at radius 2 is 2.15 bits per heavy atom. The van der Waals surface area contributed by atoms with Crippen LogP contribution < -0.4 is 0 Å². The highest BCUT2D eigenvalue weighted by Crippen LogP contribution is 2.25. The molecule has 1 fully saturated rings. The topological polar surface area (TPSA) is 9.23 Å². The van der Waals surface area contributed by atoms with Gasteiger partial charge in [-0.1, -0.05) is 19.8 Å². The van der Waals surface area contributed by atoms with Crippen molar-refractivity contribution in [2.75, 3.05) is 12.4 Å². The second kappa shape index (κ2) is 6.72. The van der Waals surface area contributed by atoms with E-state index in [1.807, 2.05) is 0 Å². The number of ether oxygens (including phenoxy) is 1. The van der Waals surface area contributed by atoms with Gasteiger partial charge >= 0.3 is 0 Å². The summed E-state index contributed by atoms with van der Waals surface area (Å²) < 4.78 is 5.82. The number of rotatable bonds is 5. The van der Waals surface area contributed by atoms with Gasteiger partial charge in [0.1, 0.15) is 0 Å². The van der Waals surface area contributed by atoms with Crippen molar-refractivity contribution in [1.82, 2.24) is 0 Å². The quantitative estimate of drug-likeness (QED) is 0.531. The minimum atomic E-state index is 0.559. The maximum atomic E-state index is 5.82. The third-order valence-corrected chi connectivity index (χ3v) is 3.11. The van der Waals surface area contributed by atoms with E-state index in [4.69, 9.17) is 4.74 Å². The molecule has 2 heteroatoms. The molecule has 0 spiro atoms. The largest absolute Gasteiger partial charge is 0.378 e. The first-order valence-electron chi connectivity index (χ1n) is 5.55. The summed E-state index contributed by atoms with van der Waals surface area (Å²) >= 11 is 4.18. The summed E-state index contributed by atoms with van der Waals surface area (Å²) in [7, 11) is 0. The Hall–Kier alpha value is 0.310. The van der Waals surface area contributed by atoms with Crippen LogP contribution in [0.2, 0.25) is 0 Å².